The average molecular weight is 370 g/mol. The van der Waals surface area contributed by atoms with Crippen LogP contribution in [0.5, 0.6) is 5.75 Å². The molecular weight excluding hydrogens is 351 g/mol. The van der Waals surface area contributed by atoms with Crippen LogP contribution < -0.4 is 9.64 Å². The molecule has 6 heteroatoms. The summed E-state index contributed by atoms with van der Waals surface area (Å²) < 4.78 is 19.1. The second-order valence-corrected chi connectivity index (χ2v) is 6.82. The predicted octanol–water partition coefficient (Wildman–Crippen LogP) is 5.16. The Hall–Kier alpha value is -2.73. The lowest BCUT2D eigenvalue weighted by atomic mass is 10.1. The number of hydrogen-bond acceptors (Lipinski definition) is 4. The summed E-state index contributed by atoms with van der Waals surface area (Å²) in [7, 11) is 0. The molecule has 0 N–H and O–H groups in total. The first kappa shape index (κ1) is 18.1. The Morgan fingerprint density at radius 3 is 2.69 bits per heavy atom. The molecule has 0 radical (unpaired) electrons. The molecule has 0 unspecified atom stereocenters. The van der Waals surface area contributed by atoms with E-state index in [1.807, 2.05) is 37.4 Å². The van der Waals surface area contributed by atoms with Gasteiger partial charge in [-0.1, -0.05) is 29.8 Å². The zero-order valence-corrected chi connectivity index (χ0v) is 15.6. The van der Waals surface area contributed by atoms with Gasteiger partial charge in [-0.2, -0.15) is 0 Å². The van der Waals surface area contributed by atoms with E-state index in [9.17, 15) is 9.18 Å². The van der Waals surface area contributed by atoms with E-state index >= 15 is 0 Å². The minimum atomic E-state index is -0.413. The van der Waals surface area contributed by atoms with E-state index in [0.29, 0.717) is 10.8 Å². The van der Waals surface area contributed by atoms with Crippen LogP contribution in [0.25, 0.3) is 0 Å². The lowest BCUT2D eigenvalue weighted by molar-refractivity contribution is -0.115. The van der Waals surface area contributed by atoms with Gasteiger partial charge in [0.25, 0.3) is 0 Å². The molecule has 2 aromatic carbocycles. The minimum Gasteiger partial charge on any atom is -0.484 e. The monoisotopic (exact) mass is 370 g/mol. The molecule has 3 aromatic rings. The van der Waals surface area contributed by atoms with E-state index in [1.165, 1.54) is 24.3 Å². The first-order valence-corrected chi connectivity index (χ1v) is 9.03. The second-order valence-electron chi connectivity index (χ2n) is 5.98. The number of benzene rings is 2. The van der Waals surface area contributed by atoms with Crippen molar-refractivity contribution in [2.24, 2.45) is 0 Å². The Balaban J connectivity index is 1.82. The highest BCUT2D eigenvalue weighted by Crippen LogP contribution is 2.32. The van der Waals surface area contributed by atoms with Crippen LogP contribution >= 0.6 is 11.3 Å². The van der Waals surface area contributed by atoms with E-state index in [4.69, 9.17) is 4.74 Å². The van der Waals surface area contributed by atoms with Crippen LogP contribution in [-0.2, 0) is 11.4 Å². The van der Waals surface area contributed by atoms with Crippen molar-refractivity contribution in [2.75, 3.05) is 4.90 Å². The lowest BCUT2D eigenvalue weighted by Gasteiger charge is -2.20. The maximum Gasteiger partial charge on any atom is 0.230 e. The number of rotatable bonds is 5. The van der Waals surface area contributed by atoms with Gasteiger partial charge < -0.3 is 4.74 Å². The first-order chi connectivity index (χ1) is 12.5. The normalized spacial score (nSPS) is 10.6. The number of ether oxygens (including phenoxy) is 1. The largest absolute Gasteiger partial charge is 0.484 e. The summed E-state index contributed by atoms with van der Waals surface area (Å²) in [6.07, 6.45) is 0. The standard InChI is InChI=1S/C20H19FN2O2S/c1-13-8-9-18(14(2)10-13)23(15(3)24)20-22-16(12-26-20)11-25-19-7-5-4-6-17(19)21/h4-10,12H,11H2,1-3H3. The van der Waals surface area contributed by atoms with Crippen molar-refractivity contribution in [3.63, 3.8) is 0 Å². The SMILES string of the molecule is CC(=O)N(c1nc(COc2ccccc2F)cs1)c1ccc(C)cc1C. The van der Waals surface area contributed by atoms with Gasteiger partial charge in [0.2, 0.25) is 5.91 Å². The number of anilines is 2. The van der Waals surface area contributed by atoms with Crippen LogP contribution in [0.4, 0.5) is 15.2 Å². The van der Waals surface area contributed by atoms with Gasteiger partial charge in [-0.3, -0.25) is 9.69 Å². The molecule has 1 aromatic heterocycles. The third kappa shape index (κ3) is 3.91. The van der Waals surface area contributed by atoms with Gasteiger partial charge in [-0.25, -0.2) is 9.37 Å². The molecule has 0 aliphatic carbocycles. The van der Waals surface area contributed by atoms with Crippen molar-refractivity contribution in [1.29, 1.82) is 0 Å². The van der Waals surface area contributed by atoms with Gasteiger partial charge in [0, 0.05) is 12.3 Å². The average Bonchev–Trinajstić information content (AvgIpc) is 3.04. The molecule has 0 saturated heterocycles. The first-order valence-electron chi connectivity index (χ1n) is 8.15. The van der Waals surface area contributed by atoms with Crippen LogP contribution in [0.2, 0.25) is 0 Å². The van der Waals surface area contributed by atoms with Crippen molar-refractivity contribution in [3.05, 3.63) is 70.5 Å². The molecule has 1 amide bonds. The van der Waals surface area contributed by atoms with Gasteiger partial charge in [-0.15, -0.1) is 11.3 Å². The number of nitrogens with zero attached hydrogens (tertiary/aromatic N) is 2. The molecule has 0 aliphatic heterocycles. The highest BCUT2D eigenvalue weighted by Gasteiger charge is 2.20. The second kappa shape index (κ2) is 7.66. The van der Waals surface area contributed by atoms with Crippen LogP contribution in [0.1, 0.15) is 23.7 Å². The molecule has 0 atom stereocenters. The van der Waals surface area contributed by atoms with E-state index in [-0.39, 0.29) is 18.3 Å². The summed E-state index contributed by atoms with van der Waals surface area (Å²) in [4.78, 5) is 18.3. The highest BCUT2D eigenvalue weighted by molar-refractivity contribution is 7.14. The highest BCUT2D eigenvalue weighted by atomic mass is 32.1. The molecule has 0 spiro atoms. The Labute approximate surface area is 155 Å². The number of aryl methyl sites for hydroxylation is 2. The summed E-state index contributed by atoms with van der Waals surface area (Å²) >= 11 is 1.35. The molecule has 4 nitrogen and oxygen atoms in total. The maximum atomic E-state index is 13.6. The van der Waals surface area contributed by atoms with Gasteiger partial charge >= 0.3 is 0 Å². The molecule has 0 aliphatic rings. The number of para-hydroxylation sites is 1. The van der Waals surface area contributed by atoms with Crippen LogP contribution in [-0.4, -0.2) is 10.9 Å². The van der Waals surface area contributed by atoms with Gasteiger partial charge in [0.05, 0.1) is 11.4 Å². The fourth-order valence-corrected chi connectivity index (χ4v) is 3.51. The Kier molecular flexibility index (Phi) is 5.32. The summed E-state index contributed by atoms with van der Waals surface area (Å²) in [5, 5.41) is 2.38. The number of carbonyl (C=O) groups is 1. The number of aromatic nitrogens is 1. The van der Waals surface area contributed by atoms with Crippen molar-refractivity contribution in [1.82, 2.24) is 4.98 Å². The fraction of sp³-hybridized carbons (Fsp3) is 0.200. The van der Waals surface area contributed by atoms with Crippen molar-refractivity contribution >= 4 is 28.1 Å². The summed E-state index contributed by atoms with van der Waals surface area (Å²) in [5.74, 6) is -0.351. The third-order valence-electron chi connectivity index (χ3n) is 3.85. The summed E-state index contributed by atoms with van der Waals surface area (Å²) in [6.45, 7) is 5.62. The summed E-state index contributed by atoms with van der Waals surface area (Å²) in [5.41, 5.74) is 3.58. The number of halogens is 1. The quantitative estimate of drug-likeness (QED) is 0.623. The van der Waals surface area contributed by atoms with Crippen molar-refractivity contribution in [3.8, 4) is 5.75 Å². The zero-order chi connectivity index (χ0) is 18.7. The number of hydrogen-bond donors (Lipinski definition) is 0. The van der Waals surface area contributed by atoms with Crippen molar-refractivity contribution < 1.29 is 13.9 Å². The van der Waals surface area contributed by atoms with Crippen molar-refractivity contribution in [2.45, 2.75) is 27.4 Å². The molecule has 0 fully saturated rings. The van der Waals surface area contributed by atoms with Crippen LogP contribution in [0.3, 0.4) is 0 Å². The summed E-state index contributed by atoms with van der Waals surface area (Å²) in [6, 6.07) is 12.2. The number of thiazole rings is 1. The minimum absolute atomic E-state index is 0.118. The predicted molar refractivity (Wildman–Crippen MR) is 102 cm³/mol. The Morgan fingerprint density at radius 2 is 2.00 bits per heavy atom. The third-order valence-corrected chi connectivity index (χ3v) is 4.73. The number of amides is 1. The smallest absolute Gasteiger partial charge is 0.230 e. The van der Waals surface area contributed by atoms with E-state index in [0.717, 1.165) is 16.8 Å². The molecule has 1 heterocycles. The van der Waals surface area contributed by atoms with Crippen LogP contribution in [0, 0.1) is 19.7 Å². The van der Waals surface area contributed by atoms with E-state index in [2.05, 4.69) is 4.98 Å². The molecule has 0 saturated carbocycles. The topological polar surface area (TPSA) is 42.4 Å². The fourth-order valence-electron chi connectivity index (χ4n) is 2.64. The Morgan fingerprint density at radius 1 is 1.23 bits per heavy atom. The zero-order valence-electron chi connectivity index (χ0n) is 14.8. The maximum absolute atomic E-state index is 13.6. The van der Waals surface area contributed by atoms with Crippen LogP contribution in [0.15, 0.2) is 47.8 Å². The molecular formula is C20H19FN2O2S. The molecule has 0 bridgehead atoms. The molecule has 26 heavy (non-hydrogen) atoms. The molecule has 134 valence electrons. The molecule has 3 rings (SSSR count). The van der Waals surface area contributed by atoms with Gasteiger partial charge in [-0.05, 0) is 37.6 Å². The van der Waals surface area contributed by atoms with Gasteiger partial charge in [0.15, 0.2) is 16.7 Å². The van der Waals surface area contributed by atoms with E-state index in [1.54, 1.807) is 23.1 Å². The van der Waals surface area contributed by atoms with Gasteiger partial charge in [0.1, 0.15) is 6.61 Å². The number of carbonyl (C=O) groups excluding carboxylic acids is 1. The lowest BCUT2D eigenvalue weighted by Crippen LogP contribution is -2.23. The Bertz CT molecular complexity index is 939. The van der Waals surface area contributed by atoms with E-state index < -0.39 is 5.82 Å².